The first-order valence-electron chi connectivity index (χ1n) is 8.31. The van der Waals surface area contributed by atoms with Gasteiger partial charge in [0.2, 0.25) is 0 Å². The van der Waals surface area contributed by atoms with Crippen LogP contribution in [0.15, 0.2) is 35.1 Å². The number of aromatic amines is 1. The van der Waals surface area contributed by atoms with Crippen molar-refractivity contribution < 1.29 is 4.79 Å². The predicted molar refractivity (Wildman–Crippen MR) is 99.0 cm³/mol. The number of nitrogens with one attached hydrogen (secondary N) is 2. The number of fused-ring (bicyclic) bond motifs is 1. The second-order valence-corrected chi connectivity index (χ2v) is 6.14. The van der Waals surface area contributed by atoms with Crippen LogP contribution in [0.5, 0.6) is 0 Å². The summed E-state index contributed by atoms with van der Waals surface area (Å²) < 4.78 is 0. The van der Waals surface area contributed by atoms with Gasteiger partial charge in [-0.2, -0.15) is 0 Å². The summed E-state index contributed by atoms with van der Waals surface area (Å²) in [7, 11) is 0. The van der Waals surface area contributed by atoms with E-state index in [9.17, 15) is 9.59 Å². The van der Waals surface area contributed by atoms with Gasteiger partial charge in [0.05, 0.1) is 0 Å². The molecule has 2 heterocycles. The number of carbonyl (C=O) groups is 1. The summed E-state index contributed by atoms with van der Waals surface area (Å²) in [6.07, 6.45) is 2.02. The zero-order valence-corrected chi connectivity index (χ0v) is 14.7. The van der Waals surface area contributed by atoms with Gasteiger partial charge in [-0.15, -0.1) is 12.4 Å². The molecule has 3 rings (SSSR count). The van der Waals surface area contributed by atoms with Crippen LogP contribution >= 0.6 is 12.4 Å². The highest BCUT2D eigenvalue weighted by molar-refractivity contribution is 5.96. The lowest BCUT2D eigenvalue weighted by Crippen LogP contribution is -2.41. The molecule has 0 saturated carbocycles. The zero-order valence-electron chi connectivity index (χ0n) is 13.9. The normalized spacial score (nSPS) is 15.3. The lowest BCUT2D eigenvalue weighted by Gasteiger charge is -2.32. The van der Waals surface area contributed by atoms with Gasteiger partial charge in [0.15, 0.2) is 0 Å². The van der Waals surface area contributed by atoms with E-state index in [-0.39, 0.29) is 23.9 Å². The van der Waals surface area contributed by atoms with Crippen molar-refractivity contribution in [1.29, 1.82) is 0 Å². The fourth-order valence-electron chi connectivity index (χ4n) is 3.19. The Hall–Kier alpha value is -1.85. The van der Waals surface area contributed by atoms with Crippen molar-refractivity contribution in [3.63, 3.8) is 0 Å². The van der Waals surface area contributed by atoms with Gasteiger partial charge in [-0.25, -0.2) is 0 Å². The van der Waals surface area contributed by atoms with Crippen LogP contribution in [0.2, 0.25) is 0 Å². The van der Waals surface area contributed by atoms with Crippen LogP contribution in [-0.4, -0.2) is 42.0 Å². The Morgan fingerprint density at radius 1 is 1.29 bits per heavy atom. The molecular formula is C18H24ClN3O2. The molecule has 5 nitrogen and oxygen atoms in total. The number of halogens is 1. The smallest absolute Gasteiger partial charge is 0.270 e. The van der Waals surface area contributed by atoms with Crippen LogP contribution in [0.1, 0.15) is 30.3 Å². The minimum Gasteiger partial charge on any atom is -0.337 e. The van der Waals surface area contributed by atoms with Crippen LogP contribution in [0, 0.1) is 5.92 Å². The van der Waals surface area contributed by atoms with Gasteiger partial charge in [0.1, 0.15) is 5.69 Å². The number of carbonyl (C=O) groups excluding carboxylic acids is 1. The van der Waals surface area contributed by atoms with E-state index in [0.29, 0.717) is 17.0 Å². The molecule has 1 saturated heterocycles. The van der Waals surface area contributed by atoms with Crippen molar-refractivity contribution in [2.24, 2.45) is 5.92 Å². The molecule has 6 heteroatoms. The molecule has 1 amide bonds. The number of pyridine rings is 1. The van der Waals surface area contributed by atoms with E-state index in [1.165, 1.54) is 0 Å². The highest BCUT2D eigenvalue weighted by atomic mass is 35.5. The minimum absolute atomic E-state index is 0. The molecule has 0 radical (unpaired) electrons. The highest BCUT2D eigenvalue weighted by Gasteiger charge is 2.24. The molecule has 0 bridgehead atoms. The van der Waals surface area contributed by atoms with E-state index >= 15 is 0 Å². The summed E-state index contributed by atoms with van der Waals surface area (Å²) in [5.74, 6) is 0.560. The number of benzene rings is 1. The minimum atomic E-state index is -0.200. The Labute approximate surface area is 147 Å². The van der Waals surface area contributed by atoms with E-state index in [4.69, 9.17) is 0 Å². The Bertz CT molecular complexity index is 751. The number of amides is 1. The van der Waals surface area contributed by atoms with Crippen LogP contribution < -0.4 is 10.9 Å². The van der Waals surface area contributed by atoms with Gasteiger partial charge in [0.25, 0.3) is 11.5 Å². The van der Waals surface area contributed by atoms with Gasteiger partial charge in [0, 0.05) is 18.5 Å². The molecule has 1 fully saturated rings. The first-order valence-corrected chi connectivity index (χ1v) is 8.31. The predicted octanol–water partition coefficient (Wildman–Crippen LogP) is 2.41. The second kappa shape index (κ2) is 8.31. The molecule has 1 aliphatic rings. The maximum Gasteiger partial charge on any atom is 0.270 e. The molecule has 1 aliphatic heterocycles. The number of rotatable bonds is 4. The van der Waals surface area contributed by atoms with E-state index in [0.717, 1.165) is 44.4 Å². The van der Waals surface area contributed by atoms with Crippen molar-refractivity contribution in [3.05, 3.63) is 46.4 Å². The van der Waals surface area contributed by atoms with Crippen LogP contribution in [0.25, 0.3) is 10.8 Å². The van der Waals surface area contributed by atoms with E-state index < -0.39 is 0 Å². The number of hydrogen-bond acceptors (Lipinski definition) is 3. The third kappa shape index (κ3) is 3.97. The lowest BCUT2D eigenvalue weighted by molar-refractivity contribution is 0.0684. The summed E-state index contributed by atoms with van der Waals surface area (Å²) in [5.41, 5.74) is 0.187. The summed E-state index contributed by atoms with van der Waals surface area (Å²) in [5, 5.41) is 4.80. The van der Waals surface area contributed by atoms with Gasteiger partial charge in [-0.05, 0) is 49.4 Å². The van der Waals surface area contributed by atoms with Crippen molar-refractivity contribution in [3.8, 4) is 0 Å². The molecule has 0 unspecified atom stereocenters. The Balaban J connectivity index is 0.00000208. The maximum atomic E-state index is 12.7. The summed E-state index contributed by atoms with van der Waals surface area (Å²) in [6, 6.07) is 9.12. The Morgan fingerprint density at radius 2 is 2.00 bits per heavy atom. The lowest BCUT2D eigenvalue weighted by atomic mass is 9.96. The topological polar surface area (TPSA) is 65.2 Å². The average molecular weight is 350 g/mol. The monoisotopic (exact) mass is 349 g/mol. The fourth-order valence-corrected chi connectivity index (χ4v) is 3.19. The third-order valence-electron chi connectivity index (χ3n) is 4.57. The summed E-state index contributed by atoms with van der Waals surface area (Å²) in [4.78, 5) is 29.4. The van der Waals surface area contributed by atoms with Gasteiger partial charge < -0.3 is 15.2 Å². The van der Waals surface area contributed by atoms with Crippen LogP contribution in [0.3, 0.4) is 0 Å². The number of nitrogens with zero attached hydrogens (tertiary/aromatic N) is 1. The van der Waals surface area contributed by atoms with Crippen LogP contribution in [0.4, 0.5) is 0 Å². The fraction of sp³-hybridized carbons (Fsp3) is 0.444. The first kappa shape index (κ1) is 18.5. The number of likely N-dealkylation sites (tertiary alicyclic amines) is 1. The first-order chi connectivity index (χ1) is 11.2. The van der Waals surface area contributed by atoms with E-state index in [1.807, 2.05) is 23.1 Å². The van der Waals surface area contributed by atoms with Crippen LogP contribution in [-0.2, 0) is 0 Å². The molecule has 1 aromatic carbocycles. The molecular weight excluding hydrogens is 326 g/mol. The molecule has 1 aromatic heterocycles. The van der Waals surface area contributed by atoms with Gasteiger partial charge in [-0.3, -0.25) is 9.59 Å². The summed E-state index contributed by atoms with van der Waals surface area (Å²) >= 11 is 0. The van der Waals surface area contributed by atoms with Crippen molar-refractivity contribution >= 4 is 29.1 Å². The average Bonchev–Trinajstić information content (AvgIpc) is 2.60. The third-order valence-corrected chi connectivity index (χ3v) is 4.57. The van der Waals surface area contributed by atoms with E-state index in [2.05, 4.69) is 17.2 Å². The molecule has 130 valence electrons. The van der Waals surface area contributed by atoms with E-state index in [1.54, 1.807) is 12.1 Å². The standard InChI is InChI=1S/C18H23N3O2.ClH/c1-2-19-12-13-7-9-21(10-8-13)18(23)16-11-14-5-3-4-6-15(14)17(22)20-16;/h3-6,11,13,19H,2,7-10,12H2,1H3,(H,20,22);1H. The quantitative estimate of drug-likeness (QED) is 0.890. The SMILES string of the molecule is CCNCC1CCN(C(=O)c2cc3ccccc3c(=O)[nH]2)CC1.Cl. The maximum absolute atomic E-state index is 12.7. The van der Waals surface area contributed by atoms with Crippen molar-refractivity contribution in [1.82, 2.24) is 15.2 Å². The number of piperidine rings is 1. The Morgan fingerprint density at radius 3 is 2.71 bits per heavy atom. The molecule has 24 heavy (non-hydrogen) atoms. The van der Waals surface area contributed by atoms with Crippen molar-refractivity contribution in [2.45, 2.75) is 19.8 Å². The van der Waals surface area contributed by atoms with Gasteiger partial charge in [-0.1, -0.05) is 25.1 Å². The number of aromatic nitrogens is 1. The molecule has 2 aromatic rings. The summed E-state index contributed by atoms with van der Waals surface area (Å²) in [6.45, 7) is 5.62. The molecule has 0 aliphatic carbocycles. The molecule has 0 spiro atoms. The molecule has 0 atom stereocenters. The second-order valence-electron chi connectivity index (χ2n) is 6.14. The molecule has 2 N–H and O–H groups in total. The van der Waals surface area contributed by atoms with Crippen molar-refractivity contribution in [2.75, 3.05) is 26.2 Å². The zero-order chi connectivity index (χ0) is 16.2. The number of H-pyrrole nitrogens is 1. The number of hydrogen-bond donors (Lipinski definition) is 2. The largest absolute Gasteiger partial charge is 0.337 e. The Kier molecular flexibility index (Phi) is 6.40. The highest BCUT2D eigenvalue weighted by Crippen LogP contribution is 2.19. The van der Waals surface area contributed by atoms with Gasteiger partial charge >= 0.3 is 0 Å².